The monoisotopic (exact) mass is 355 g/mol. The number of ether oxygens (including phenoxy) is 1. The first-order valence-corrected chi connectivity index (χ1v) is 8.21. The Kier molecular flexibility index (Phi) is 7.15. The van der Waals surface area contributed by atoms with Crippen LogP contribution >= 0.6 is 15.9 Å². The molecule has 21 heavy (non-hydrogen) atoms. The number of rotatable bonds is 7. The third kappa shape index (κ3) is 6.04. The normalized spacial score (nSPS) is 13.0. The Morgan fingerprint density at radius 2 is 2.10 bits per heavy atom. The van der Waals surface area contributed by atoms with Crippen molar-refractivity contribution >= 4 is 28.0 Å². The van der Waals surface area contributed by atoms with Gasteiger partial charge in [0.2, 0.25) is 5.88 Å². The van der Waals surface area contributed by atoms with Crippen molar-refractivity contribution in [1.82, 2.24) is 9.88 Å². The van der Waals surface area contributed by atoms with Crippen LogP contribution in [0.1, 0.15) is 39.8 Å². The average Bonchev–Trinajstić information content (AvgIpc) is 2.39. The Labute approximate surface area is 136 Å². The number of aryl methyl sites for hydroxylation is 1. The van der Waals surface area contributed by atoms with Gasteiger partial charge in [-0.3, -0.25) is 0 Å². The summed E-state index contributed by atoms with van der Waals surface area (Å²) in [5.41, 5.74) is 1.72. The summed E-state index contributed by atoms with van der Waals surface area (Å²) in [5, 5.41) is 0. The van der Waals surface area contributed by atoms with Crippen LogP contribution in [0.15, 0.2) is 15.5 Å². The first-order chi connectivity index (χ1) is 9.83. The molecule has 0 spiro atoms. The maximum absolute atomic E-state index is 5.92. The van der Waals surface area contributed by atoms with Crippen molar-refractivity contribution in [3.05, 3.63) is 16.2 Å². The van der Waals surface area contributed by atoms with Gasteiger partial charge in [0, 0.05) is 13.6 Å². The lowest BCUT2D eigenvalue weighted by molar-refractivity contribution is 0.184. The van der Waals surface area contributed by atoms with E-state index in [1.807, 2.05) is 31.3 Å². The summed E-state index contributed by atoms with van der Waals surface area (Å²) in [6.45, 7) is 11.4. The van der Waals surface area contributed by atoms with Crippen molar-refractivity contribution in [3.8, 4) is 5.88 Å². The highest BCUT2D eigenvalue weighted by molar-refractivity contribution is 9.10. The van der Waals surface area contributed by atoms with Crippen molar-refractivity contribution in [1.29, 1.82) is 0 Å². The summed E-state index contributed by atoms with van der Waals surface area (Å²) >= 11 is 3.53. The summed E-state index contributed by atoms with van der Waals surface area (Å²) in [5.74, 6) is 1.25. The molecule has 0 bridgehead atoms. The van der Waals surface area contributed by atoms with Gasteiger partial charge >= 0.3 is 0 Å². The van der Waals surface area contributed by atoms with E-state index < -0.39 is 0 Å². The highest BCUT2D eigenvalue weighted by atomic mass is 79.9. The first kappa shape index (κ1) is 18.0. The molecule has 1 aromatic heterocycles. The van der Waals surface area contributed by atoms with Crippen LogP contribution in [0.4, 0.5) is 5.69 Å². The van der Waals surface area contributed by atoms with Gasteiger partial charge in [-0.25, -0.2) is 9.98 Å². The first-order valence-electron chi connectivity index (χ1n) is 7.41. The van der Waals surface area contributed by atoms with Crippen LogP contribution in [0.3, 0.4) is 0 Å². The minimum atomic E-state index is 0.147. The highest BCUT2D eigenvalue weighted by Gasteiger charge is 2.12. The Morgan fingerprint density at radius 1 is 1.43 bits per heavy atom. The fourth-order valence-corrected chi connectivity index (χ4v) is 2.31. The van der Waals surface area contributed by atoms with Crippen molar-refractivity contribution in [2.24, 2.45) is 10.9 Å². The van der Waals surface area contributed by atoms with E-state index in [9.17, 15) is 0 Å². The lowest BCUT2D eigenvalue weighted by Crippen LogP contribution is -2.16. The SMILES string of the molecule is CCN(C)C=Nc1cc(Br)c(OC(C)CC(C)C)nc1C. The fourth-order valence-electron chi connectivity index (χ4n) is 1.91. The number of halogens is 1. The predicted octanol–water partition coefficient (Wildman–Crippen LogP) is 4.58. The molecule has 0 saturated carbocycles. The number of pyridine rings is 1. The number of aliphatic imine (C=N–C) groups is 1. The molecule has 0 aliphatic carbocycles. The Bertz CT molecular complexity index is 489. The molecular formula is C16H26BrN3O. The molecule has 1 heterocycles. The van der Waals surface area contributed by atoms with E-state index in [1.165, 1.54) is 0 Å². The smallest absolute Gasteiger partial charge is 0.228 e. The third-order valence-corrected chi connectivity index (χ3v) is 3.68. The van der Waals surface area contributed by atoms with Crippen LogP contribution in [0, 0.1) is 12.8 Å². The molecule has 1 rings (SSSR count). The molecule has 0 saturated heterocycles. The summed E-state index contributed by atoms with van der Waals surface area (Å²) in [6.07, 6.45) is 2.97. The molecule has 1 aromatic rings. The summed E-state index contributed by atoms with van der Waals surface area (Å²) < 4.78 is 6.76. The van der Waals surface area contributed by atoms with Crippen molar-refractivity contribution < 1.29 is 4.74 Å². The van der Waals surface area contributed by atoms with E-state index in [4.69, 9.17) is 4.74 Å². The molecule has 5 heteroatoms. The molecule has 118 valence electrons. The quantitative estimate of drug-likeness (QED) is 0.530. The lowest BCUT2D eigenvalue weighted by Gasteiger charge is -2.17. The van der Waals surface area contributed by atoms with E-state index in [0.29, 0.717) is 11.8 Å². The van der Waals surface area contributed by atoms with E-state index in [0.717, 1.165) is 28.8 Å². The molecule has 0 fully saturated rings. The molecule has 1 atom stereocenters. The summed E-state index contributed by atoms with van der Waals surface area (Å²) in [4.78, 5) is 11.0. The average molecular weight is 356 g/mol. The molecule has 1 unspecified atom stereocenters. The second-order valence-electron chi connectivity index (χ2n) is 5.76. The molecule has 0 N–H and O–H groups in total. The maximum Gasteiger partial charge on any atom is 0.228 e. The third-order valence-electron chi connectivity index (χ3n) is 3.12. The maximum atomic E-state index is 5.92. The zero-order chi connectivity index (χ0) is 16.0. The van der Waals surface area contributed by atoms with E-state index in [1.54, 1.807) is 0 Å². The van der Waals surface area contributed by atoms with Crippen LogP contribution in [-0.4, -0.2) is 35.9 Å². The largest absolute Gasteiger partial charge is 0.474 e. The minimum Gasteiger partial charge on any atom is -0.474 e. The predicted molar refractivity (Wildman–Crippen MR) is 92.7 cm³/mol. The van der Waals surface area contributed by atoms with Crippen molar-refractivity contribution in [3.63, 3.8) is 0 Å². The van der Waals surface area contributed by atoms with Gasteiger partial charge in [0.25, 0.3) is 0 Å². The topological polar surface area (TPSA) is 37.7 Å². The van der Waals surface area contributed by atoms with Crippen LogP contribution in [0.25, 0.3) is 0 Å². The van der Waals surface area contributed by atoms with Gasteiger partial charge in [0.05, 0.1) is 28.3 Å². The molecule has 0 aliphatic rings. The number of nitrogens with zero attached hydrogens (tertiary/aromatic N) is 3. The van der Waals surface area contributed by atoms with Crippen LogP contribution in [-0.2, 0) is 0 Å². The van der Waals surface area contributed by atoms with Gasteiger partial charge in [-0.15, -0.1) is 0 Å². The minimum absolute atomic E-state index is 0.147. The molecule has 0 aliphatic heterocycles. The van der Waals surface area contributed by atoms with Crippen molar-refractivity contribution in [2.75, 3.05) is 13.6 Å². The Balaban J connectivity index is 2.87. The van der Waals surface area contributed by atoms with Gasteiger partial charge in [0.1, 0.15) is 0 Å². The van der Waals surface area contributed by atoms with Crippen LogP contribution in [0.2, 0.25) is 0 Å². The number of aromatic nitrogens is 1. The molecule has 0 radical (unpaired) electrons. The zero-order valence-corrected chi connectivity index (χ0v) is 15.4. The fraction of sp³-hybridized carbons (Fsp3) is 0.625. The summed E-state index contributed by atoms with van der Waals surface area (Å²) in [7, 11) is 1.99. The zero-order valence-electron chi connectivity index (χ0n) is 13.9. The molecular weight excluding hydrogens is 330 g/mol. The molecule has 4 nitrogen and oxygen atoms in total. The standard InChI is InChI=1S/C16H26BrN3O/c1-7-20(6)10-18-15-9-14(17)16(19-13(15)5)21-12(4)8-11(2)3/h9-12H,7-8H2,1-6H3. The van der Waals surface area contributed by atoms with E-state index in [2.05, 4.69) is 53.6 Å². The van der Waals surface area contributed by atoms with Crippen LogP contribution in [0.5, 0.6) is 5.88 Å². The van der Waals surface area contributed by atoms with Gasteiger partial charge in [0.15, 0.2) is 0 Å². The molecule has 0 aromatic carbocycles. The van der Waals surface area contributed by atoms with Crippen LogP contribution < -0.4 is 4.74 Å². The van der Waals surface area contributed by atoms with Gasteiger partial charge in [-0.2, -0.15) is 0 Å². The number of hydrogen-bond donors (Lipinski definition) is 0. The van der Waals surface area contributed by atoms with Gasteiger partial charge < -0.3 is 9.64 Å². The van der Waals surface area contributed by atoms with Gasteiger partial charge in [-0.05, 0) is 55.1 Å². The summed E-state index contributed by atoms with van der Waals surface area (Å²) in [6, 6.07) is 1.96. The molecule has 0 amide bonds. The van der Waals surface area contributed by atoms with Gasteiger partial charge in [-0.1, -0.05) is 13.8 Å². The highest BCUT2D eigenvalue weighted by Crippen LogP contribution is 2.30. The van der Waals surface area contributed by atoms with E-state index in [-0.39, 0.29) is 6.10 Å². The Morgan fingerprint density at radius 3 is 2.67 bits per heavy atom. The number of hydrogen-bond acceptors (Lipinski definition) is 3. The van der Waals surface area contributed by atoms with E-state index >= 15 is 0 Å². The van der Waals surface area contributed by atoms with Crippen molar-refractivity contribution in [2.45, 2.75) is 47.1 Å². The second kappa shape index (κ2) is 8.37. The lowest BCUT2D eigenvalue weighted by atomic mass is 10.1. The second-order valence-corrected chi connectivity index (χ2v) is 6.61. The Hall–Kier alpha value is -1.10.